The summed E-state index contributed by atoms with van der Waals surface area (Å²) in [7, 11) is 0. The fourth-order valence-corrected chi connectivity index (χ4v) is 3.20. The van der Waals surface area contributed by atoms with Crippen molar-refractivity contribution in [1.29, 1.82) is 0 Å². The first kappa shape index (κ1) is 23.9. The van der Waals surface area contributed by atoms with Gasteiger partial charge in [-0.15, -0.1) is 0 Å². The third-order valence-electron chi connectivity index (χ3n) is 4.92. The lowest BCUT2D eigenvalue weighted by Gasteiger charge is -2.14. The number of nitrogens with one attached hydrogen (secondary N) is 1. The minimum atomic E-state index is -0.227. The normalized spacial score (nSPS) is 11.2. The van der Waals surface area contributed by atoms with Crippen molar-refractivity contribution in [1.82, 2.24) is 5.32 Å². The summed E-state index contributed by atoms with van der Waals surface area (Å²) >= 11 is 0. The maximum atomic E-state index is 9.85. The second-order valence-corrected chi connectivity index (χ2v) is 7.13. The van der Waals surface area contributed by atoms with E-state index in [-0.39, 0.29) is 19.0 Å². The number of aliphatic hydroxyl groups excluding tert-OH is 2. The SMILES string of the molecule is CCCCCCCOCCCCCCNCc1c(CO)ccc(O)c1CO. The molecule has 4 N–H and O–H groups in total. The molecule has 0 radical (unpaired) electrons. The summed E-state index contributed by atoms with van der Waals surface area (Å²) in [5, 5.41) is 32.1. The van der Waals surface area contributed by atoms with Crippen molar-refractivity contribution in [3.63, 3.8) is 0 Å². The van der Waals surface area contributed by atoms with Crippen LogP contribution >= 0.6 is 0 Å². The predicted molar refractivity (Wildman–Crippen MR) is 110 cm³/mol. The Labute approximate surface area is 164 Å². The van der Waals surface area contributed by atoms with Gasteiger partial charge in [0.15, 0.2) is 0 Å². The van der Waals surface area contributed by atoms with Crippen LogP contribution in [0.25, 0.3) is 0 Å². The molecule has 0 saturated carbocycles. The maximum absolute atomic E-state index is 9.85. The average Bonchev–Trinajstić information content (AvgIpc) is 2.68. The maximum Gasteiger partial charge on any atom is 0.121 e. The number of hydrogen-bond acceptors (Lipinski definition) is 5. The Morgan fingerprint density at radius 2 is 1.48 bits per heavy atom. The molecule has 5 heteroatoms. The Morgan fingerprint density at radius 3 is 2.11 bits per heavy atom. The summed E-state index contributed by atoms with van der Waals surface area (Å²) in [5.41, 5.74) is 2.05. The molecule has 1 aromatic carbocycles. The molecule has 1 rings (SSSR count). The summed E-state index contributed by atoms with van der Waals surface area (Å²) in [5.74, 6) is 0.0804. The van der Waals surface area contributed by atoms with Crippen LogP contribution in [0.15, 0.2) is 12.1 Å². The van der Waals surface area contributed by atoms with Crippen LogP contribution in [0, 0.1) is 0 Å². The third-order valence-corrected chi connectivity index (χ3v) is 4.92. The Bertz CT molecular complexity index is 493. The molecular formula is C22H39NO4. The standard InChI is InChI=1S/C22H39NO4/c1-2-3-4-6-9-14-27-15-10-7-5-8-13-23-16-20-19(17-24)11-12-22(26)21(20)18-25/h11-12,23-26H,2-10,13-18H2,1H3. The highest BCUT2D eigenvalue weighted by molar-refractivity contribution is 5.43. The van der Waals surface area contributed by atoms with Gasteiger partial charge < -0.3 is 25.4 Å². The van der Waals surface area contributed by atoms with Crippen LogP contribution in [0.1, 0.15) is 81.4 Å². The van der Waals surface area contributed by atoms with E-state index in [2.05, 4.69) is 12.2 Å². The monoisotopic (exact) mass is 381 g/mol. The van der Waals surface area contributed by atoms with Gasteiger partial charge in [0.2, 0.25) is 0 Å². The number of ether oxygens (including phenoxy) is 1. The molecule has 0 aromatic heterocycles. The zero-order chi connectivity index (χ0) is 19.7. The Kier molecular flexibility index (Phi) is 14.0. The second-order valence-electron chi connectivity index (χ2n) is 7.13. The van der Waals surface area contributed by atoms with E-state index < -0.39 is 0 Å². The average molecular weight is 382 g/mol. The highest BCUT2D eigenvalue weighted by atomic mass is 16.5. The summed E-state index contributed by atoms with van der Waals surface area (Å²) < 4.78 is 5.68. The Balaban J connectivity index is 2.04. The fourth-order valence-electron chi connectivity index (χ4n) is 3.20. The number of unbranched alkanes of at least 4 members (excludes halogenated alkanes) is 7. The van der Waals surface area contributed by atoms with Crippen molar-refractivity contribution in [3.05, 3.63) is 28.8 Å². The lowest BCUT2D eigenvalue weighted by atomic mass is 10.0. The topological polar surface area (TPSA) is 82.0 Å². The molecule has 0 aliphatic heterocycles. The van der Waals surface area contributed by atoms with E-state index in [1.165, 1.54) is 44.6 Å². The first-order chi connectivity index (χ1) is 13.2. The zero-order valence-electron chi connectivity index (χ0n) is 17.0. The van der Waals surface area contributed by atoms with Gasteiger partial charge in [0, 0.05) is 25.3 Å². The van der Waals surface area contributed by atoms with Gasteiger partial charge in [-0.1, -0.05) is 51.5 Å². The molecule has 1 aromatic rings. The Hall–Kier alpha value is -1.14. The molecule has 5 nitrogen and oxygen atoms in total. The molecule has 0 heterocycles. The van der Waals surface area contributed by atoms with Crippen molar-refractivity contribution in [2.75, 3.05) is 19.8 Å². The van der Waals surface area contributed by atoms with E-state index >= 15 is 0 Å². The molecule has 0 amide bonds. The molecule has 156 valence electrons. The summed E-state index contributed by atoms with van der Waals surface area (Å²) in [4.78, 5) is 0. The van der Waals surface area contributed by atoms with Gasteiger partial charge >= 0.3 is 0 Å². The molecule has 0 aliphatic carbocycles. The summed E-state index contributed by atoms with van der Waals surface area (Å²) in [6.07, 6.45) is 11.0. The van der Waals surface area contributed by atoms with Crippen LogP contribution in [0.2, 0.25) is 0 Å². The lowest BCUT2D eigenvalue weighted by molar-refractivity contribution is 0.125. The number of aliphatic hydroxyl groups is 2. The molecule has 0 bridgehead atoms. The molecule has 0 spiro atoms. The molecular weight excluding hydrogens is 342 g/mol. The van der Waals surface area contributed by atoms with Gasteiger partial charge in [0.25, 0.3) is 0 Å². The predicted octanol–water partition coefficient (Wildman–Crippen LogP) is 4.01. The van der Waals surface area contributed by atoms with Crippen LogP contribution in [-0.2, 0) is 24.5 Å². The third kappa shape index (κ3) is 10.1. The fraction of sp³-hybridized carbons (Fsp3) is 0.727. The number of hydrogen-bond donors (Lipinski definition) is 4. The van der Waals surface area contributed by atoms with E-state index in [1.54, 1.807) is 6.07 Å². The molecule has 0 fully saturated rings. The van der Waals surface area contributed by atoms with E-state index in [1.807, 2.05) is 0 Å². The van der Waals surface area contributed by atoms with Crippen molar-refractivity contribution in [2.45, 2.75) is 84.5 Å². The van der Waals surface area contributed by atoms with Crippen LogP contribution in [0.4, 0.5) is 0 Å². The largest absolute Gasteiger partial charge is 0.508 e. The minimum absolute atomic E-state index is 0.0804. The highest BCUT2D eigenvalue weighted by Crippen LogP contribution is 2.25. The summed E-state index contributed by atoms with van der Waals surface area (Å²) in [6, 6.07) is 3.23. The highest BCUT2D eigenvalue weighted by Gasteiger charge is 2.11. The molecule has 0 saturated heterocycles. The van der Waals surface area contributed by atoms with Crippen LogP contribution in [0.3, 0.4) is 0 Å². The van der Waals surface area contributed by atoms with Gasteiger partial charge in [0.1, 0.15) is 5.75 Å². The minimum Gasteiger partial charge on any atom is -0.508 e. The van der Waals surface area contributed by atoms with Gasteiger partial charge in [-0.2, -0.15) is 0 Å². The van der Waals surface area contributed by atoms with Crippen molar-refractivity contribution in [3.8, 4) is 5.75 Å². The molecule has 0 aliphatic rings. The first-order valence-electron chi connectivity index (χ1n) is 10.6. The number of benzene rings is 1. The van der Waals surface area contributed by atoms with Crippen LogP contribution in [0.5, 0.6) is 5.75 Å². The van der Waals surface area contributed by atoms with Crippen LogP contribution < -0.4 is 5.32 Å². The van der Waals surface area contributed by atoms with Crippen molar-refractivity contribution < 1.29 is 20.1 Å². The van der Waals surface area contributed by atoms with E-state index in [9.17, 15) is 15.3 Å². The Morgan fingerprint density at radius 1 is 0.815 bits per heavy atom. The number of aromatic hydroxyl groups is 1. The zero-order valence-corrected chi connectivity index (χ0v) is 17.0. The van der Waals surface area contributed by atoms with E-state index in [0.29, 0.717) is 12.1 Å². The quantitative estimate of drug-likeness (QED) is 0.307. The van der Waals surface area contributed by atoms with Gasteiger partial charge in [-0.05, 0) is 43.0 Å². The number of rotatable bonds is 17. The lowest BCUT2D eigenvalue weighted by Crippen LogP contribution is -2.17. The summed E-state index contributed by atoms with van der Waals surface area (Å²) in [6.45, 7) is 5.10. The van der Waals surface area contributed by atoms with Crippen molar-refractivity contribution in [2.24, 2.45) is 0 Å². The van der Waals surface area contributed by atoms with Gasteiger partial charge in [-0.3, -0.25) is 0 Å². The van der Waals surface area contributed by atoms with Gasteiger partial charge in [-0.25, -0.2) is 0 Å². The van der Waals surface area contributed by atoms with E-state index in [0.717, 1.165) is 50.1 Å². The molecule has 0 unspecified atom stereocenters. The van der Waals surface area contributed by atoms with E-state index in [4.69, 9.17) is 4.74 Å². The second kappa shape index (κ2) is 15.9. The molecule has 0 atom stereocenters. The molecule has 27 heavy (non-hydrogen) atoms. The van der Waals surface area contributed by atoms with Gasteiger partial charge in [0.05, 0.1) is 13.2 Å². The number of phenols is 1. The smallest absolute Gasteiger partial charge is 0.121 e. The van der Waals surface area contributed by atoms with Crippen molar-refractivity contribution >= 4 is 0 Å². The first-order valence-corrected chi connectivity index (χ1v) is 10.6. The van der Waals surface area contributed by atoms with Crippen LogP contribution in [-0.4, -0.2) is 35.1 Å².